The number of rotatable bonds is 8. The Labute approximate surface area is 128 Å². The van der Waals surface area contributed by atoms with Gasteiger partial charge in [-0.3, -0.25) is 0 Å². The molecule has 120 valence electrons. The molecule has 21 heavy (non-hydrogen) atoms. The molecule has 0 saturated heterocycles. The Hall–Kier alpha value is -0.950. The summed E-state index contributed by atoms with van der Waals surface area (Å²) in [5, 5.41) is 3.04. The van der Waals surface area contributed by atoms with Crippen LogP contribution in [0.3, 0.4) is 0 Å². The van der Waals surface area contributed by atoms with Gasteiger partial charge in [-0.05, 0) is 57.5 Å². The van der Waals surface area contributed by atoms with E-state index in [1.807, 2.05) is 40.8 Å². The summed E-state index contributed by atoms with van der Waals surface area (Å²) in [7, 11) is -1.69. The summed E-state index contributed by atoms with van der Waals surface area (Å²) in [6, 6.07) is 3.74. The molecule has 0 aromatic heterocycles. The minimum absolute atomic E-state index is 0.147. The van der Waals surface area contributed by atoms with Crippen molar-refractivity contribution in [2.45, 2.75) is 45.2 Å². The fourth-order valence-corrected chi connectivity index (χ4v) is 3.61. The standard InChI is InChI=1S/C15H26N2O3S/c1-6-20-12(3)9-17-21(18,19)15-8-14(10-16-5)7-11(2)13(15)4/h7-8,12,16-17H,6,9-10H2,1-5H3. The number of sulfonamides is 1. The molecule has 1 unspecified atom stereocenters. The molecule has 1 aromatic rings. The van der Waals surface area contributed by atoms with Crippen molar-refractivity contribution in [3.63, 3.8) is 0 Å². The molecule has 6 heteroatoms. The minimum Gasteiger partial charge on any atom is -0.377 e. The second kappa shape index (κ2) is 7.89. The maximum Gasteiger partial charge on any atom is 0.240 e. The van der Waals surface area contributed by atoms with Crippen molar-refractivity contribution < 1.29 is 13.2 Å². The molecule has 0 aliphatic rings. The van der Waals surface area contributed by atoms with Crippen molar-refractivity contribution in [2.24, 2.45) is 0 Å². The van der Waals surface area contributed by atoms with Crippen molar-refractivity contribution in [1.29, 1.82) is 0 Å². The van der Waals surface area contributed by atoms with Gasteiger partial charge in [-0.25, -0.2) is 13.1 Å². The van der Waals surface area contributed by atoms with Crippen LogP contribution in [-0.4, -0.2) is 34.7 Å². The molecule has 0 bridgehead atoms. The van der Waals surface area contributed by atoms with Crippen LogP contribution in [0.15, 0.2) is 17.0 Å². The van der Waals surface area contributed by atoms with E-state index in [-0.39, 0.29) is 12.6 Å². The van der Waals surface area contributed by atoms with E-state index in [1.165, 1.54) is 0 Å². The molecule has 0 fully saturated rings. The maximum absolute atomic E-state index is 12.5. The molecular weight excluding hydrogens is 288 g/mol. The van der Waals surface area contributed by atoms with Crippen LogP contribution in [0.25, 0.3) is 0 Å². The Balaban J connectivity index is 3.01. The van der Waals surface area contributed by atoms with Crippen LogP contribution in [0.4, 0.5) is 0 Å². The molecule has 1 atom stereocenters. The summed E-state index contributed by atoms with van der Waals surface area (Å²) in [5.41, 5.74) is 2.71. The first-order valence-corrected chi connectivity index (χ1v) is 8.66. The monoisotopic (exact) mass is 314 g/mol. The average Bonchev–Trinajstić information content (AvgIpc) is 2.41. The van der Waals surface area contributed by atoms with E-state index < -0.39 is 10.0 Å². The third-order valence-corrected chi connectivity index (χ3v) is 4.91. The highest BCUT2D eigenvalue weighted by Crippen LogP contribution is 2.21. The molecule has 0 heterocycles. The lowest BCUT2D eigenvalue weighted by Crippen LogP contribution is -2.32. The van der Waals surface area contributed by atoms with E-state index in [9.17, 15) is 8.42 Å². The molecule has 0 radical (unpaired) electrons. The Bertz CT molecular complexity index is 571. The van der Waals surface area contributed by atoms with Gasteiger partial charge in [0.1, 0.15) is 0 Å². The Morgan fingerprint density at radius 2 is 1.95 bits per heavy atom. The highest BCUT2D eigenvalue weighted by Gasteiger charge is 2.19. The van der Waals surface area contributed by atoms with E-state index in [2.05, 4.69) is 10.0 Å². The summed E-state index contributed by atoms with van der Waals surface area (Å²) >= 11 is 0. The normalized spacial score (nSPS) is 13.4. The molecule has 2 N–H and O–H groups in total. The lowest BCUT2D eigenvalue weighted by Gasteiger charge is -2.16. The average molecular weight is 314 g/mol. The zero-order valence-electron chi connectivity index (χ0n) is 13.5. The second-order valence-corrected chi connectivity index (χ2v) is 6.92. The summed E-state index contributed by atoms with van der Waals surface area (Å²) in [4.78, 5) is 0.344. The molecule has 0 spiro atoms. The summed E-state index contributed by atoms with van der Waals surface area (Å²) in [6.45, 7) is 8.97. The van der Waals surface area contributed by atoms with Crippen molar-refractivity contribution in [2.75, 3.05) is 20.2 Å². The van der Waals surface area contributed by atoms with Crippen molar-refractivity contribution >= 4 is 10.0 Å². The fraction of sp³-hybridized carbons (Fsp3) is 0.600. The van der Waals surface area contributed by atoms with Gasteiger partial charge in [0, 0.05) is 19.7 Å². The van der Waals surface area contributed by atoms with Gasteiger partial charge in [0.2, 0.25) is 10.0 Å². The number of hydrogen-bond donors (Lipinski definition) is 2. The fourth-order valence-electron chi connectivity index (χ4n) is 2.13. The smallest absolute Gasteiger partial charge is 0.240 e. The van der Waals surface area contributed by atoms with Crippen LogP contribution < -0.4 is 10.0 Å². The Morgan fingerprint density at radius 3 is 2.52 bits per heavy atom. The van der Waals surface area contributed by atoms with Gasteiger partial charge in [-0.1, -0.05) is 6.07 Å². The predicted octanol–water partition coefficient (Wildman–Crippen LogP) is 1.73. The number of nitrogens with one attached hydrogen (secondary N) is 2. The number of ether oxygens (including phenoxy) is 1. The van der Waals surface area contributed by atoms with Gasteiger partial charge in [-0.15, -0.1) is 0 Å². The van der Waals surface area contributed by atoms with E-state index in [0.717, 1.165) is 16.7 Å². The maximum atomic E-state index is 12.5. The van der Waals surface area contributed by atoms with Crippen molar-refractivity contribution in [3.8, 4) is 0 Å². The predicted molar refractivity (Wildman–Crippen MR) is 85.0 cm³/mol. The lowest BCUT2D eigenvalue weighted by atomic mass is 10.1. The molecule has 1 aromatic carbocycles. The minimum atomic E-state index is -3.53. The SMILES string of the molecule is CCOC(C)CNS(=O)(=O)c1cc(CNC)cc(C)c1C. The summed E-state index contributed by atoms with van der Waals surface area (Å²) in [5.74, 6) is 0. The molecule has 0 aliphatic heterocycles. The zero-order valence-corrected chi connectivity index (χ0v) is 14.3. The lowest BCUT2D eigenvalue weighted by molar-refractivity contribution is 0.0799. The quantitative estimate of drug-likeness (QED) is 0.767. The number of hydrogen-bond acceptors (Lipinski definition) is 4. The van der Waals surface area contributed by atoms with Crippen LogP contribution in [-0.2, 0) is 21.3 Å². The number of benzene rings is 1. The molecule has 0 saturated carbocycles. The summed E-state index contributed by atoms with van der Waals surface area (Å²) in [6.07, 6.45) is -0.147. The molecule has 1 rings (SSSR count). The second-order valence-electron chi connectivity index (χ2n) is 5.18. The Morgan fingerprint density at radius 1 is 1.29 bits per heavy atom. The van der Waals surface area contributed by atoms with Crippen LogP contribution in [0.1, 0.15) is 30.5 Å². The van der Waals surface area contributed by atoms with Gasteiger partial charge in [0.05, 0.1) is 11.0 Å². The summed E-state index contributed by atoms with van der Waals surface area (Å²) < 4.78 is 32.9. The van der Waals surface area contributed by atoms with Gasteiger partial charge in [0.25, 0.3) is 0 Å². The highest BCUT2D eigenvalue weighted by atomic mass is 32.2. The van der Waals surface area contributed by atoms with Crippen molar-refractivity contribution in [3.05, 3.63) is 28.8 Å². The van der Waals surface area contributed by atoms with Crippen LogP contribution in [0.5, 0.6) is 0 Å². The third-order valence-electron chi connectivity index (χ3n) is 3.36. The van der Waals surface area contributed by atoms with E-state index in [1.54, 1.807) is 6.07 Å². The molecule has 5 nitrogen and oxygen atoms in total. The number of aryl methyl sites for hydroxylation is 1. The largest absolute Gasteiger partial charge is 0.377 e. The van der Waals surface area contributed by atoms with E-state index in [4.69, 9.17) is 4.74 Å². The van der Waals surface area contributed by atoms with Gasteiger partial charge >= 0.3 is 0 Å². The first-order valence-electron chi connectivity index (χ1n) is 7.17. The molecule has 0 amide bonds. The highest BCUT2D eigenvalue weighted by molar-refractivity contribution is 7.89. The Kier molecular flexibility index (Phi) is 6.80. The first-order chi connectivity index (χ1) is 9.81. The van der Waals surface area contributed by atoms with Crippen LogP contribution in [0, 0.1) is 13.8 Å². The van der Waals surface area contributed by atoms with E-state index >= 15 is 0 Å². The van der Waals surface area contributed by atoms with Gasteiger partial charge in [-0.2, -0.15) is 0 Å². The van der Waals surface area contributed by atoms with Crippen molar-refractivity contribution in [1.82, 2.24) is 10.0 Å². The van der Waals surface area contributed by atoms with Crippen LogP contribution in [0.2, 0.25) is 0 Å². The topological polar surface area (TPSA) is 67.4 Å². The molecule has 0 aliphatic carbocycles. The van der Waals surface area contributed by atoms with Gasteiger partial charge < -0.3 is 10.1 Å². The molecular formula is C15H26N2O3S. The first kappa shape index (κ1) is 18.1. The van der Waals surface area contributed by atoms with Crippen LogP contribution >= 0.6 is 0 Å². The van der Waals surface area contributed by atoms with Gasteiger partial charge in [0.15, 0.2) is 0 Å². The van der Waals surface area contributed by atoms with E-state index in [0.29, 0.717) is 18.0 Å². The third kappa shape index (κ3) is 5.07. The zero-order chi connectivity index (χ0) is 16.0.